The Kier molecular flexibility index (Phi) is 6.28. The van der Waals surface area contributed by atoms with Crippen LogP contribution in [-0.2, 0) is 0 Å². The summed E-state index contributed by atoms with van der Waals surface area (Å²) in [5.74, 6) is 1.11. The van der Waals surface area contributed by atoms with Gasteiger partial charge in [-0.3, -0.25) is 5.43 Å². The number of unbranched alkanes of at least 4 members (excludes halogenated alkanes) is 2. The predicted molar refractivity (Wildman–Crippen MR) is 90.1 cm³/mol. The van der Waals surface area contributed by atoms with Crippen molar-refractivity contribution in [3.05, 3.63) is 46.0 Å². The van der Waals surface area contributed by atoms with Crippen molar-refractivity contribution in [1.29, 1.82) is 0 Å². The number of hydrazone groups is 1. The Balaban J connectivity index is 2.01. The van der Waals surface area contributed by atoms with Gasteiger partial charge < -0.3 is 4.74 Å². The molecule has 0 saturated carbocycles. The van der Waals surface area contributed by atoms with Gasteiger partial charge in [-0.1, -0.05) is 31.9 Å². The van der Waals surface area contributed by atoms with Crippen LogP contribution in [0.15, 0.2) is 34.2 Å². The number of H-pyrrole nitrogens is 1. The predicted octanol–water partition coefficient (Wildman–Crippen LogP) is 2.49. The number of nitrogens with zero attached hydrogens (tertiary/aromatic N) is 3. The maximum Gasteiger partial charge on any atom is 0.363 e. The van der Waals surface area contributed by atoms with E-state index in [1.807, 2.05) is 24.3 Å². The fourth-order valence-corrected chi connectivity index (χ4v) is 1.91. The first kappa shape index (κ1) is 16.7. The standard InChI is InChI=1S/C16H21N5O2/c1-3-4-7-10-23-14-9-6-5-8-13(14)11-17-20-15-12(2)19-21-16(22)18-15/h5-6,8-9,11H,3-4,7,10H2,1-2H3,(H2,18,20,21,22)/b17-11-. The lowest BCUT2D eigenvalue weighted by Crippen LogP contribution is -2.15. The Morgan fingerprint density at radius 2 is 2.17 bits per heavy atom. The normalized spacial score (nSPS) is 10.9. The molecule has 0 bridgehead atoms. The van der Waals surface area contributed by atoms with Gasteiger partial charge in [0.05, 0.1) is 12.8 Å². The van der Waals surface area contributed by atoms with Gasteiger partial charge in [-0.15, -0.1) is 0 Å². The van der Waals surface area contributed by atoms with Crippen LogP contribution in [0.2, 0.25) is 0 Å². The Labute approximate surface area is 134 Å². The molecule has 7 nitrogen and oxygen atoms in total. The fraction of sp³-hybridized carbons (Fsp3) is 0.375. The molecule has 1 heterocycles. The number of hydrogen-bond donors (Lipinski definition) is 2. The number of ether oxygens (including phenoxy) is 1. The highest BCUT2D eigenvalue weighted by Crippen LogP contribution is 2.16. The average molecular weight is 315 g/mol. The minimum atomic E-state index is -0.520. The van der Waals surface area contributed by atoms with Crippen molar-refractivity contribution in [2.75, 3.05) is 12.0 Å². The van der Waals surface area contributed by atoms with Gasteiger partial charge in [0, 0.05) is 5.56 Å². The van der Waals surface area contributed by atoms with Gasteiger partial charge in [0.2, 0.25) is 0 Å². The van der Waals surface area contributed by atoms with Gasteiger partial charge in [-0.2, -0.15) is 15.2 Å². The van der Waals surface area contributed by atoms with Crippen LogP contribution in [0.1, 0.15) is 37.4 Å². The van der Waals surface area contributed by atoms with Crippen molar-refractivity contribution in [3.63, 3.8) is 0 Å². The van der Waals surface area contributed by atoms with Crippen LogP contribution >= 0.6 is 0 Å². The van der Waals surface area contributed by atoms with E-state index in [4.69, 9.17) is 4.74 Å². The lowest BCUT2D eigenvalue weighted by molar-refractivity contribution is 0.306. The summed E-state index contributed by atoms with van der Waals surface area (Å²) < 4.78 is 5.78. The molecule has 1 aromatic carbocycles. The number of nitrogens with one attached hydrogen (secondary N) is 2. The molecule has 7 heteroatoms. The van der Waals surface area contributed by atoms with Crippen molar-refractivity contribution in [1.82, 2.24) is 15.2 Å². The molecule has 0 aliphatic carbocycles. The van der Waals surface area contributed by atoms with Gasteiger partial charge in [0.25, 0.3) is 0 Å². The Bertz CT molecular complexity index is 712. The van der Waals surface area contributed by atoms with E-state index in [0.717, 1.165) is 30.6 Å². The highest BCUT2D eigenvalue weighted by atomic mass is 16.5. The number of aromatic nitrogens is 3. The molecule has 122 valence electrons. The van der Waals surface area contributed by atoms with Crippen LogP contribution in [0, 0.1) is 6.92 Å². The first-order valence-corrected chi connectivity index (χ1v) is 7.65. The molecule has 0 saturated heterocycles. The smallest absolute Gasteiger partial charge is 0.363 e. The molecule has 23 heavy (non-hydrogen) atoms. The summed E-state index contributed by atoms with van der Waals surface area (Å²) in [6.45, 7) is 4.57. The second-order valence-corrected chi connectivity index (χ2v) is 5.04. The van der Waals surface area contributed by atoms with E-state index >= 15 is 0 Å². The number of anilines is 1. The average Bonchev–Trinajstić information content (AvgIpc) is 2.56. The van der Waals surface area contributed by atoms with Crippen molar-refractivity contribution < 1.29 is 4.74 Å². The lowest BCUT2D eigenvalue weighted by Gasteiger charge is -2.08. The summed E-state index contributed by atoms with van der Waals surface area (Å²) in [5, 5.41) is 10.2. The zero-order chi connectivity index (χ0) is 16.5. The van der Waals surface area contributed by atoms with Crippen LogP contribution < -0.4 is 15.9 Å². The minimum absolute atomic E-state index is 0.325. The van der Waals surface area contributed by atoms with Gasteiger partial charge in [-0.05, 0) is 25.5 Å². The molecule has 0 spiro atoms. The molecule has 0 unspecified atom stereocenters. The van der Waals surface area contributed by atoms with E-state index in [1.165, 1.54) is 0 Å². The molecule has 0 amide bonds. The second-order valence-electron chi connectivity index (χ2n) is 5.04. The summed E-state index contributed by atoms with van der Waals surface area (Å²) in [6.07, 6.45) is 4.98. The first-order valence-electron chi connectivity index (χ1n) is 7.65. The Morgan fingerprint density at radius 1 is 1.35 bits per heavy atom. The summed E-state index contributed by atoms with van der Waals surface area (Å²) in [5.41, 5.74) is 3.62. The van der Waals surface area contributed by atoms with E-state index in [0.29, 0.717) is 18.1 Å². The number of hydrogen-bond acceptors (Lipinski definition) is 6. The largest absolute Gasteiger partial charge is 0.493 e. The highest BCUT2D eigenvalue weighted by Gasteiger charge is 2.02. The van der Waals surface area contributed by atoms with Crippen molar-refractivity contribution in [3.8, 4) is 5.75 Å². The van der Waals surface area contributed by atoms with Crippen LogP contribution in [-0.4, -0.2) is 28.0 Å². The van der Waals surface area contributed by atoms with Crippen molar-refractivity contribution in [2.24, 2.45) is 5.10 Å². The summed E-state index contributed by atoms with van der Waals surface area (Å²) in [7, 11) is 0. The van der Waals surface area contributed by atoms with E-state index in [9.17, 15) is 4.79 Å². The van der Waals surface area contributed by atoms with Crippen LogP contribution in [0.4, 0.5) is 5.82 Å². The van der Waals surface area contributed by atoms with Gasteiger partial charge in [0.15, 0.2) is 5.82 Å². The number of para-hydroxylation sites is 1. The zero-order valence-corrected chi connectivity index (χ0v) is 13.4. The van der Waals surface area contributed by atoms with Crippen LogP contribution in [0.3, 0.4) is 0 Å². The van der Waals surface area contributed by atoms with Crippen LogP contribution in [0.25, 0.3) is 0 Å². The van der Waals surface area contributed by atoms with E-state index < -0.39 is 5.69 Å². The monoisotopic (exact) mass is 315 g/mol. The molecule has 2 aromatic rings. The third-order valence-corrected chi connectivity index (χ3v) is 3.17. The molecule has 0 aliphatic rings. The van der Waals surface area contributed by atoms with Gasteiger partial charge >= 0.3 is 5.69 Å². The number of rotatable bonds is 8. The molecule has 0 radical (unpaired) electrons. The number of aryl methyl sites for hydroxylation is 1. The Morgan fingerprint density at radius 3 is 3.00 bits per heavy atom. The quantitative estimate of drug-likeness (QED) is 0.443. The minimum Gasteiger partial charge on any atom is -0.493 e. The van der Waals surface area contributed by atoms with E-state index in [-0.39, 0.29) is 0 Å². The SMILES string of the molecule is CCCCCOc1ccccc1/C=N\Nc1nc(=O)[nH]nc1C. The molecule has 0 atom stereocenters. The summed E-state index contributed by atoms with van der Waals surface area (Å²) in [4.78, 5) is 14.9. The third kappa shape index (κ3) is 5.21. The maximum atomic E-state index is 11.2. The van der Waals surface area contributed by atoms with E-state index in [2.05, 4.69) is 32.6 Å². The molecule has 1 aromatic heterocycles. The zero-order valence-electron chi connectivity index (χ0n) is 13.4. The maximum absolute atomic E-state index is 11.2. The fourth-order valence-electron chi connectivity index (χ4n) is 1.91. The summed E-state index contributed by atoms with van der Waals surface area (Å²) in [6, 6.07) is 7.66. The van der Waals surface area contributed by atoms with E-state index in [1.54, 1.807) is 13.1 Å². The van der Waals surface area contributed by atoms with Gasteiger partial charge in [0.1, 0.15) is 11.4 Å². The van der Waals surface area contributed by atoms with Gasteiger partial charge in [-0.25, -0.2) is 9.89 Å². The number of benzene rings is 1. The molecule has 2 N–H and O–H groups in total. The summed E-state index contributed by atoms with van der Waals surface area (Å²) >= 11 is 0. The molecule has 2 rings (SSSR count). The van der Waals surface area contributed by atoms with Crippen LogP contribution in [0.5, 0.6) is 5.75 Å². The first-order chi connectivity index (χ1) is 11.2. The topological polar surface area (TPSA) is 92.3 Å². The molecular formula is C16H21N5O2. The lowest BCUT2D eigenvalue weighted by atomic mass is 10.2. The molecule has 0 aliphatic heterocycles. The van der Waals surface area contributed by atoms with Crippen molar-refractivity contribution >= 4 is 12.0 Å². The third-order valence-electron chi connectivity index (χ3n) is 3.17. The number of aromatic amines is 1. The molecular weight excluding hydrogens is 294 g/mol. The van der Waals surface area contributed by atoms with Crippen molar-refractivity contribution in [2.45, 2.75) is 33.1 Å². The second kappa shape index (κ2) is 8.67. The molecule has 0 fully saturated rings. The Hall–Kier alpha value is -2.70. The highest BCUT2D eigenvalue weighted by molar-refractivity contribution is 5.83.